The van der Waals surface area contributed by atoms with E-state index in [-0.39, 0.29) is 13.2 Å². The van der Waals surface area contributed by atoms with Crippen LogP contribution in [0, 0.1) is 12.3 Å². The fourth-order valence-electron chi connectivity index (χ4n) is 2.17. The predicted octanol–water partition coefficient (Wildman–Crippen LogP) is 1.70. The lowest BCUT2D eigenvalue weighted by Gasteiger charge is -2.29. The second kappa shape index (κ2) is 5.85. The van der Waals surface area contributed by atoms with Gasteiger partial charge in [-0.2, -0.15) is 5.10 Å². The van der Waals surface area contributed by atoms with Crippen molar-refractivity contribution in [3.05, 3.63) is 16.4 Å². The minimum absolute atomic E-state index is 0.0438. The minimum Gasteiger partial charge on any atom is -0.396 e. The molecule has 0 atom stereocenters. The van der Waals surface area contributed by atoms with Crippen LogP contribution in [0.3, 0.4) is 0 Å². The molecule has 0 aromatic carbocycles. The third kappa shape index (κ3) is 3.00. The first kappa shape index (κ1) is 14.5. The van der Waals surface area contributed by atoms with Crippen LogP contribution in [0.1, 0.15) is 31.2 Å². The molecule has 2 N–H and O–H groups in total. The van der Waals surface area contributed by atoms with E-state index in [1.165, 1.54) is 0 Å². The number of aliphatic hydroxyl groups excluding tert-OH is 2. The van der Waals surface area contributed by atoms with Gasteiger partial charge in [0.25, 0.3) is 0 Å². The normalized spacial score (nSPS) is 12.1. The summed E-state index contributed by atoms with van der Waals surface area (Å²) < 4.78 is 1.73. The maximum atomic E-state index is 9.52. The van der Waals surface area contributed by atoms with E-state index in [9.17, 15) is 10.2 Å². The van der Waals surface area contributed by atoms with Crippen molar-refractivity contribution in [1.82, 2.24) is 9.78 Å². The number of hydrogen-bond acceptors (Lipinski definition) is 3. The highest BCUT2D eigenvalue weighted by atomic mass is 35.5. The third-order valence-electron chi connectivity index (χ3n) is 3.26. The van der Waals surface area contributed by atoms with Gasteiger partial charge in [0, 0.05) is 18.9 Å². The van der Waals surface area contributed by atoms with Gasteiger partial charge in [-0.25, -0.2) is 0 Å². The molecule has 0 aliphatic rings. The van der Waals surface area contributed by atoms with Gasteiger partial charge in [-0.3, -0.25) is 4.68 Å². The van der Waals surface area contributed by atoms with Gasteiger partial charge >= 0.3 is 0 Å². The molecular formula is C12H21ClN2O2. The van der Waals surface area contributed by atoms with Crippen LogP contribution in [0.2, 0.25) is 5.02 Å². The van der Waals surface area contributed by atoms with Gasteiger partial charge in [-0.1, -0.05) is 24.9 Å². The van der Waals surface area contributed by atoms with E-state index in [1.54, 1.807) is 4.68 Å². The Bertz CT molecular complexity index is 373. The molecule has 0 amide bonds. The molecular weight excluding hydrogens is 240 g/mol. The number of aromatic nitrogens is 2. The van der Waals surface area contributed by atoms with Gasteiger partial charge in [0.1, 0.15) is 0 Å². The molecule has 1 heterocycles. The number of aliphatic hydroxyl groups is 2. The molecule has 1 rings (SSSR count). The first-order valence-electron chi connectivity index (χ1n) is 5.89. The summed E-state index contributed by atoms with van der Waals surface area (Å²) >= 11 is 6.19. The summed E-state index contributed by atoms with van der Waals surface area (Å²) in [5, 5.41) is 23.9. The number of rotatable bonds is 6. The zero-order valence-corrected chi connectivity index (χ0v) is 11.5. The monoisotopic (exact) mass is 260 g/mol. The van der Waals surface area contributed by atoms with Crippen LogP contribution in [0.5, 0.6) is 0 Å². The van der Waals surface area contributed by atoms with Gasteiger partial charge in [0.15, 0.2) is 0 Å². The van der Waals surface area contributed by atoms with Crippen LogP contribution < -0.4 is 0 Å². The zero-order valence-electron chi connectivity index (χ0n) is 10.7. The predicted molar refractivity (Wildman–Crippen MR) is 68.2 cm³/mol. The van der Waals surface area contributed by atoms with Crippen molar-refractivity contribution in [2.75, 3.05) is 13.2 Å². The lowest BCUT2D eigenvalue weighted by atomic mass is 9.80. The highest BCUT2D eigenvalue weighted by molar-refractivity contribution is 6.31. The first-order chi connectivity index (χ1) is 7.99. The minimum atomic E-state index is -0.501. The fraction of sp³-hybridized carbons (Fsp3) is 0.750. The smallest absolute Gasteiger partial charge is 0.0847 e. The van der Waals surface area contributed by atoms with Gasteiger partial charge in [-0.15, -0.1) is 0 Å². The average molecular weight is 261 g/mol. The summed E-state index contributed by atoms with van der Waals surface area (Å²) in [6.45, 7) is 3.80. The standard InChI is InChI=1S/C12H21ClN2O2/c1-4-5-12(7-16,8-17)6-10-11(13)9(2)14-15(10)3/h16-17H,4-8H2,1-3H3. The van der Waals surface area contributed by atoms with Crippen molar-refractivity contribution in [3.8, 4) is 0 Å². The summed E-state index contributed by atoms with van der Waals surface area (Å²) in [4.78, 5) is 0. The van der Waals surface area contributed by atoms with E-state index >= 15 is 0 Å². The molecule has 4 nitrogen and oxygen atoms in total. The van der Waals surface area contributed by atoms with Crippen molar-refractivity contribution >= 4 is 11.6 Å². The Labute approximate surface area is 107 Å². The van der Waals surface area contributed by atoms with E-state index in [2.05, 4.69) is 5.10 Å². The van der Waals surface area contributed by atoms with E-state index in [1.807, 2.05) is 20.9 Å². The quantitative estimate of drug-likeness (QED) is 0.819. The van der Waals surface area contributed by atoms with Crippen LogP contribution in [0.15, 0.2) is 0 Å². The van der Waals surface area contributed by atoms with Gasteiger partial charge < -0.3 is 10.2 Å². The van der Waals surface area contributed by atoms with Crippen LogP contribution >= 0.6 is 11.6 Å². The Morgan fingerprint density at radius 2 is 1.94 bits per heavy atom. The SMILES string of the molecule is CCCC(CO)(CO)Cc1c(Cl)c(C)nn1C. The van der Waals surface area contributed by atoms with Crippen molar-refractivity contribution < 1.29 is 10.2 Å². The molecule has 1 aromatic heterocycles. The molecule has 0 bridgehead atoms. The zero-order chi connectivity index (χ0) is 13.1. The van der Waals surface area contributed by atoms with Crippen LogP contribution in [-0.4, -0.2) is 33.2 Å². The summed E-state index contributed by atoms with van der Waals surface area (Å²) in [6, 6.07) is 0. The molecule has 0 saturated carbocycles. The lowest BCUT2D eigenvalue weighted by Crippen LogP contribution is -2.33. The van der Waals surface area contributed by atoms with Gasteiger partial charge in [-0.05, 0) is 13.3 Å². The molecule has 0 saturated heterocycles. The van der Waals surface area contributed by atoms with Gasteiger partial charge in [0.2, 0.25) is 0 Å². The topological polar surface area (TPSA) is 58.3 Å². The summed E-state index contributed by atoms with van der Waals surface area (Å²) in [5.41, 5.74) is 1.16. The highest BCUT2D eigenvalue weighted by Crippen LogP contribution is 2.31. The number of aryl methyl sites for hydroxylation is 2. The maximum Gasteiger partial charge on any atom is 0.0847 e. The van der Waals surface area contributed by atoms with Crippen molar-refractivity contribution in [2.45, 2.75) is 33.1 Å². The Hall–Kier alpha value is -0.580. The largest absolute Gasteiger partial charge is 0.396 e. The van der Waals surface area contributed by atoms with Crippen molar-refractivity contribution in [1.29, 1.82) is 0 Å². The molecule has 0 fully saturated rings. The van der Waals surface area contributed by atoms with Crippen molar-refractivity contribution in [3.63, 3.8) is 0 Å². The lowest BCUT2D eigenvalue weighted by molar-refractivity contribution is 0.0451. The van der Waals surface area contributed by atoms with E-state index in [4.69, 9.17) is 11.6 Å². The Balaban J connectivity index is 3.00. The molecule has 17 heavy (non-hydrogen) atoms. The van der Waals surface area contributed by atoms with E-state index in [0.29, 0.717) is 11.4 Å². The van der Waals surface area contributed by atoms with Crippen LogP contribution in [0.25, 0.3) is 0 Å². The Kier molecular flexibility index (Phi) is 4.98. The summed E-state index contributed by atoms with van der Waals surface area (Å²) in [6.07, 6.45) is 2.22. The second-order valence-corrected chi connectivity index (χ2v) is 5.09. The molecule has 1 aromatic rings. The molecule has 98 valence electrons. The first-order valence-corrected chi connectivity index (χ1v) is 6.27. The number of hydrogen-bond donors (Lipinski definition) is 2. The third-order valence-corrected chi connectivity index (χ3v) is 3.75. The fourth-order valence-corrected chi connectivity index (χ4v) is 2.39. The summed E-state index contributed by atoms with van der Waals surface area (Å²) in [7, 11) is 1.83. The molecule has 0 spiro atoms. The molecule has 0 radical (unpaired) electrons. The highest BCUT2D eigenvalue weighted by Gasteiger charge is 2.30. The Morgan fingerprint density at radius 1 is 1.35 bits per heavy atom. The maximum absolute atomic E-state index is 9.52. The van der Waals surface area contributed by atoms with E-state index < -0.39 is 5.41 Å². The van der Waals surface area contributed by atoms with Crippen molar-refractivity contribution in [2.24, 2.45) is 12.5 Å². The number of halogens is 1. The average Bonchev–Trinajstić information content (AvgIpc) is 2.55. The molecule has 0 aliphatic carbocycles. The molecule has 0 aliphatic heterocycles. The number of nitrogens with zero attached hydrogens (tertiary/aromatic N) is 2. The van der Waals surface area contributed by atoms with Crippen LogP contribution in [0.4, 0.5) is 0 Å². The van der Waals surface area contributed by atoms with Crippen LogP contribution in [-0.2, 0) is 13.5 Å². The molecule has 0 unspecified atom stereocenters. The van der Waals surface area contributed by atoms with E-state index in [0.717, 1.165) is 24.2 Å². The molecule has 5 heteroatoms. The summed E-state index contributed by atoms with van der Waals surface area (Å²) in [5.74, 6) is 0. The van der Waals surface area contributed by atoms with Gasteiger partial charge in [0.05, 0.1) is 29.6 Å². The Morgan fingerprint density at radius 3 is 2.29 bits per heavy atom. The second-order valence-electron chi connectivity index (χ2n) is 4.71.